The molecule has 0 bridgehead atoms. The lowest BCUT2D eigenvalue weighted by Gasteiger charge is -2.19. The molecule has 3 N–H and O–H groups in total. The molecule has 0 spiro atoms. The molecule has 128 valence electrons. The number of nitrogens with zero attached hydrogens (tertiary/aromatic N) is 2. The first-order valence-corrected chi connectivity index (χ1v) is 8.31. The SMILES string of the molecule is Cc1ccc(CCN=C(N)Nc2cccc3c2CCCC3)cn1.I. The van der Waals surface area contributed by atoms with Crippen LogP contribution in [0.1, 0.15) is 35.2 Å². The molecule has 0 fully saturated rings. The van der Waals surface area contributed by atoms with E-state index in [4.69, 9.17) is 5.73 Å². The smallest absolute Gasteiger partial charge is 0.193 e. The predicted molar refractivity (Wildman–Crippen MR) is 111 cm³/mol. The van der Waals surface area contributed by atoms with Crippen LogP contribution in [0.25, 0.3) is 0 Å². The maximum absolute atomic E-state index is 6.05. The Morgan fingerprint density at radius 2 is 2.04 bits per heavy atom. The van der Waals surface area contributed by atoms with E-state index in [1.807, 2.05) is 19.2 Å². The Morgan fingerprint density at radius 3 is 2.83 bits per heavy atom. The molecule has 0 amide bonds. The molecular weight excluding hydrogens is 411 g/mol. The second-order valence-electron chi connectivity index (χ2n) is 6.10. The number of aromatic nitrogens is 1. The third kappa shape index (κ3) is 4.93. The lowest BCUT2D eigenvalue weighted by atomic mass is 9.90. The fourth-order valence-corrected chi connectivity index (χ4v) is 3.03. The summed E-state index contributed by atoms with van der Waals surface area (Å²) in [6, 6.07) is 10.5. The summed E-state index contributed by atoms with van der Waals surface area (Å²) < 4.78 is 0. The summed E-state index contributed by atoms with van der Waals surface area (Å²) in [6.45, 7) is 2.66. The summed E-state index contributed by atoms with van der Waals surface area (Å²) in [6.07, 6.45) is 7.58. The van der Waals surface area contributed by atoms with Crippen LogP contribution in [0.15, 0.2) is 41.5 Å². The van der Waals surface area contributed by atoms with Gasteiger partial charge in [-0.05, 0) is 67.9 Å². The summed E-state index contributed by atoms with van der Waals surface area (Å²) >= 11 is 0. The maximum atomic E-state index is 6.05. The fraction of sp³-hybridized carbons (Fsp3) is 0.368. The fourth-order valence-electron chi connectivity index (χ4n) is 3.03. The minimum Gasteiger partial charge on any atom is -0.370 e. The first-order valence-electron chi connectivity index (χ1n) is 8.31. The maximum Gasteiger partial charge on any atom is 0.193 e. The molecule has 4 nitrogen and oxygen atoms in total. The quantitative estimate of drug-likeness (QED) is 0.435. The normalized spacial score (nSPS) is 13.8. The van der Waals surface area contributed by atoms with Crippen LogP contribution in [0.3, 0.4) is 0 Å². The van der Waals surface area contributed by atoms with E-state index in [0.29, 0.717) is 12.5 Å². The number of nitrogens with two attached hydrogens (primary N) is 1. The molecule has 0 saturated carbocycles. The summed E-state index contributed by atoms with van der Waals surface area (Å²) in [5.74, 6) is 0.490. The van der Waals surface area contributed by atoms with Crippen molar-refractivity contribution in [2.75, 3.05) is 11.9 Å². The Morgan fingerprint density at radius 1 is 1.21 bits per heavy atom. The van der Waals surface area contributed by atoms with Crippen molar-refractivity contribution in [2.24, 2.45) is 10.7 Å². The van der Waals surface area contributed by atoms with E-state index in [-0.39, 0.29) is 24.0 Å². The molecule has 0 unspecified atom stereocenters. The van der Waals surface area contributed by atoms with Crippen LogP contribution in [0.4, 0.5) is 5.69 Å². The van der Waals surface area contributed by atoms with Crippen molar-refractivity contribution in [3.05, 3.63) is 58.9 Å². The zero-order chi connectivity index (χ0) is 16.1. The van der Waals surface area contributed by atoms with Gasteiger partial charge < -0.3 is 11.1 Å². The largest absolute Gasteiger partial charge is 0.370 e. The Balaban J connectivity index is 0.00000208. The number of rotatable bonds is 4. The van der Waals surface area contributed by atoms with Gasteiger partial charge >= 0.3 is 0 Å². The van der Waals surface area contributed by atoms with Gasteiger partial charge in [0.25, 0.3) is 0 Å². The highest BCUT2D eigenvalue weighted by atomic mass is 127. The van der Waals surface area contributed by atoms with Gasteiger partial charge in [0, 0.05) is 24.1 Å². The van der Waals surface area contributed by atoms with Crippen LogP contribution >= 0.6 is 24.0 Å². The van der Waals surface area contributed by atoms with E-state index in [1.165, 1.54) is 36.0 Å². The molecule has 5 heteroatoms. The topological polar surface area (TPSA) is 63.3 Å². The summed E-state index contributed by atoms with van der Waals surface area (Å²) in [5, 5.41) is 3.28. The molecule has 3 rings (SSSR count). The van der Waals surface area contributed by atoms with Crippen molar-refractivity contribution in [3.8, 4) is 0 Å². The lowest BCUT2D eigenvalue weighted by molar-refractivity contribution is 0.687. The first-order chi connectivity index (χ1) is 11.2. The van der Waals surface area contributed by atoms with Gasteiger partial charge in [0.1, 0.15) is 0 Å². The van der Waals surface area contributed by atoms with Gasteiger partial charge in [0.15, 0.2) is 5.96 Å². The number of anilines is 1. The van der Waals surface area contributed by atoms with Crippen molar-refractivity contribution < 1.29 is 0 Å². The molecule has 1 aromatic carbocycles. The summed E-state index contributed by atoms with van der Waals surface area (Å²) in [7, 11) is 0. The number of guanidine groups is 1. The first kappa shape index (κ1) is 18.7. The number of aryl methyl sites for hydroxylation is 2. The third-order valence-corrected chi connectivity index (χ3v) is 4.31. The van der Waals surface area contributed by atoms with Gasteiger partial charge in [-0.15, -0.1) is 24.0 Å². The van der Waals surface area contributed by atoms with E-state index >= 15 is 0 Å². The Bertz CT molecular complexity index is 695. The molecule has 1 aliphatic rings. The number of hydrogen-bond donors (Lipinski definition) is 2. The zero-order valence-corrected chi connectivity index (χ0v) is 16.4. The lowest BCUT2D eigenvalue weighted by Crippen LogP contribution is -2.24. The minimum absolute atomic E-state index is 0. The molecule has 24 heavy (non-hydrogen) atoms. The van der Waals surface area contributed by atoms with Crippen molar-refractivity contribution in [3.63, 3.8) is 0 Å². The van der Waals surface area contributed by atoms with Crippen LogP contribution in [-0.4, -0.2) is 17.5 Å². The average molecular weight is 436 g/mol. The van der Waals surface area contributed by atoms with Gasteiger partial charge in [-0.2, -0.15) is 0 Å². The van der Waals surface area contributed by atoms with Crippen molar-refractivity contribution in [2.45, 2.75) is 39.0 Å². The monoisotopic (exact) mass is 436 g/mol. The molecule has 0 radical (unpaired) electrons. The van der Waals surface area contributed by atoms with Gasteiger partial charge in [0.05, 0.1) is 0 Å². The van der Waals surface area contributed by atoms with Crippen molar-refractivity contribution >= 4 is 35.6 Å². The Labute approximate surface area is 161 Å². The molecular formula is C19H25IN4. The number of nitrogens with one attached hydrogen (secondary N) is 1. The van der Waals surface area contributed by atoms with Gasteiger partial charge in [-0.3, -0.25) is 9.98 Å². The van der Waals surface area contributed by atoms with Gasteiger partial charge in [-0.25, -0.2) is 0 Å². The number of fused-ring (bicyclic) bond motifs is 1. The highest BCUT2D eigenvalue weighted by molar-refractivity contribution is 14.0. The summed E-state index contributed by atoms with van der Waals surface area (Å²) in [5.41, 5.74) is 12.2. The summed E-state index contributed by atoms with van der Waals surface area (Å²) in [4.78, 5) is 8.74. The molecule has 0 aliphatic heterocycles. The van der Waals surface area contributed by atoms with Crippen LogP contribution in [0.2, 0.25) is 0 Å². The second kappa shape index (κ2) is 9.01. The van der Waals surface area contributed by atoms with E-state index in [2.05, 4.69) is 39.6 Å². The number of pyridine rings is 1. The molecule has 0 saturated heterocycles. The van der Waals surface area contributed by atoms with Crippen LogP contribution in [-0.2, 0) is 19.3 Å². The van der Waals surface area contributed by atoms with Crippen molar-refractivity contribution in [1.82, 2.24) is 4.98 Å². The van der Waals surface area contributed by atoms with E-state index < -0.39 is 0 Å². The average Bonchev–Trinajstić information content (AvgIpc) is 2.57. The van der Waals surface area contributed by atoms with Crippen LogP contribution in [0.5, 0.6) is 0 Å². The van der Waals surface area contributed by atoms with E-state index in [1.54, 1.807) is 0 Å². The standard InChI is InChI=1S/C19H24N4.HI/c1-14-9-10-15(13-22-14)11-12-21-19(20)23-18-8-4-6-16-5-2-3-7-17(16)18;/h4,6,8-10,13H,2-3,5,7,11-12H2,1H3,(H3,20,21,23);1H. The third-order valence-electron chi connectivity index (χ3n) is 4.31. The van der Waals surface area contributed by atoms with Crippen LogP contribution in [0, 0.1) is 6.92 Å². The Kier molecular flexibility index (Phi) is 7.02. The highest BCUT2D eigenvalue weighted by Crippen LogP contribution is 2.27. The second-order valence-corrected chi connectivity index (χ2v) is 6.10. The van der Waals surface area contributed by atoms with Gasteiger partial charge in [0.2, 0.25) is 0 Å². The van der Waals surface area contributed by atoms with Crippen LogP contribution < -0.4 is 11.1 Å². The number of benzene rings is 1. The highest BCUT2D eigenvalue weighted by Gasteiger charge is 2.12. The Hall–Kier alpha value is -1.63. The molecule has 1 heterocycles. The molecule has 1 aliphatic carbocycles. The predicted octanol–water partition coefficient (Wildman–Crippen LogP) is 3.86. The number of aliphatic imine (C=N–C) groups is 1. The molecule has 1 aromatic heterocycles. The number of halogens is 1. The van der Waals surface area contributed by atoms with Gasteiger partial charge in [-0.1, -0.05) is 18.2 Å². The minimum atomic E-state index is 0. The molecule has 0 atom stereocenters. The zero-order valence-electron chi connectivity index (χ0n) is 14.1. The van der Waals surface area contributed by atoms with E-state index in [0.717, 1.165) is 24.2 Å². The molecule has 2 aromatic rings. The number of hydrogen-bond acceptors (Lipinski definition) is 2. The van der Waals surface area contributed by atoms with E-state index in [9.17, 15) is 0 Å². The van der Waals surface area contributed by atoms with Crippen molar-refractivity contribution in [1.29, 1.82) is 0 Å².